The SMILES string of the molecule is COc1cccc(CCNC(=O)[C@@H]2CC(=O)NC3(CCCC3)C(=O)N[C@@H](Cc3ccccc3)C(=O)NCCCOc3ccccc3C(=O)N2)c1. The maximum atomic E-state index is 14.0. The minimum Gasteiger partial charge on any atom is -0.497 e. The summed E-state index contributed by atoms with van der Waals surface area (Å²) in [5, 5.41) is 14.3. The van der Waals surface area contributed by atoms with E-state index < -0.39 is 47.7 Å². The van der Waals surface area contributed by atoms with Crippen LogP contribution in [0.2, 0.25) is 0 Å². The molecular weight excluding hydrogens is 638 g/mol. The highest BCUT2D eigenvalue weighted by molar-refractivity contribution is 6.01. The highest BCUT2D eigenvalue weighted by Crippen LogP contribution is 2.30. The van der Waals surface area contributed by atoms with Crippen LogP contribution in [0.1, 0.15) is 60.0 Å². The molecule has 5 amide bonds. The topological polar surface area (TPSA) is 164 Å². The van der Waals surface area contributed by atoms with Gasteiger partial charge in [0.05, 0.1) is 25.7 Å². The first kappa shape index (κ1) is 35.9. The summed E-state index contributed by atoms with van der Waals surface area (Å²) in [7, 11) is 1.58. The molecule has 0 saturated heterocycles. The van der Waals surface area contributed by atoms with Gasteiger partial charge in [0, 0.05) is 19.5 Å². The Hall–Kier alpha value is -5.39. The van der Waals surface area contributed by atoms with Crippen molar-refractivity contribution >= 4 is 29.5 Å². The first-order chi connectivity index (χ1) is 24.3. The van der Waals surface area contributed by atoms with Crippen LogP contribution in [0.15, 0.2) is 78.9 Å². The van der Waals surface area contributed by atoms with Crippen molar-refractivity contribution in [2.45, 2.75) is 69.0 Å². The number of fused-ring (bicyclic) bond motifs is 1. The van der Waals surface area contributed by atoms with Gasteiger partial charge in [0.1, 0.15) is 29.1 Å². The van der Waals surface area contributed by atoms with E-state index in [1.807, 2.05) is 54.6 Å². The molecule has 2 atom stereocenters. The van der Waals surface area contributed by atoms with Crippen LogP contribution in [-0.2, 0) is 32.0 Å². The van der Waals surface area contributed by atoms with Crippen LogP contribution in [0.25, 0.3) is 0 Å². The maximum absolute atomic E-state index is 14.0. The largest absolute Gasteiger partial charge is 0.497 e. The van der Waals surface area contributed by atoms with Crippen molar-refractivity contribution < 1.29 is 33.4 Å². The van der Waals surface area contributed by atoms with Gasteiger partial charge in [0.25, 0.3) is 5.91 Å². The number of hydrogen-bond acceptors (Lipinski definition) is 7. The predicted molar refractivity (Wildman–Crippen MR) is 187 cm³/mol. The second kappa shape index (κ2) is 17.3. The summed E-state index contributed by atoms with van der Waals surface area (Å²) in [5.74, 6) is -1.53. The molecule has 1 saturated carbocycles. The van der Waals surface area contributed by atoms with Gasteiger partial charge in [-0.1, -0.05) is 67.4 Å². The van der Waals surface area contributed by atoms with Gasteiger partial charge in [-0.3, -0.25) is 24.0 Å². The highest BCUT2D eigenvalue weighted by atomic mass is 16.5. The third-order valence-electron chi connectivity index (χ3n) is 9.04. The lowest BCUT2D eigenvalue weighted by atomic mass is 9.94. The van der Waals surface area contributed by atoms with E-state index in [4.69, 9.17) is 9.47 Å². The van der Waals surface area contributed by atoms with Crippen LogP contribution < -0.4 is 36.1 Å². The number of methoxy groups -OCH3 is 1. The fourth-order valence-electron chi connectivity index (χ4n) is 6.34. The molecule has 5 N–H and O–H groups in total. The molecule has 5 rings (SSSR count). The monoisotopic (exact) mass is 683 g/mol. The van der Waals surface area contributed by atoms with Crippen molar-refractivity contribution in [2.75, 3.05) is 26.8 Å². The van der Waals surface area contributed by atoms with E-state index in [1.165, 1.54) is 0 Å². The van der Waals surface area contributed by atoms with Crippen molar-refractivity contribution in [2.24, 2.45) is 0 Å². The molecule has 1 aliphatic carbocycles. The molecule has 0 aromatic heterocycles. The van der Waals surface area contributed by atoms with Gasteiger partial charge >= 0.3 is 0 Å². The Morgan fingerprint density at radius 3 is 2.42 bits per heavy atom. The van der Waals surface area contributed by atoms with E-state index in [0.29, 0.717) is 50.0 Å². The van der Waals surface area contributed by atoms with E-state index >= 15 is 0 Å². The average molecular weight is 684 g/mol. The normalized spacial score (nSPS) is 20.1. The Balaban J connectivity index is 1.38. The molecule has 0 unspecified atom stereocenters. The molecule has 1 fully saturated rings. The van der Waals surface area contributed by atoms with Gasteiger partial charge in [-0.05, 0) is 61.1 Å². The zero-order chi connectivity index (χ0) is 35.3. The van der Waals surface area contributed by atoms with Gasteiger partial charge in [0.15, 0.2) is 0 Å². The van der Waals surface area contributed by atoms with E-state index in [-0.39, 0.29) is 37.6 Å². The third-order valence-corrected chi connectivity index (χ3v) is 9.04. The fourth-order valence-corrected chi connectivity index (χ4v) is 6.34. The maximum Gasteiger partial charge on any atom is 0.255 e. The number of carbonyl (C=O) groups is 5. The lowest BCUT2D eigenvalue weighted by Crippen LogP contribution is -2.62. The lowest BCUT2D eigenvalue weighted by molar-refractivity contribution is -0.136. The molecule has 3 aromatic rings. The van der Waals surface area contributed by atoms with E-state index in [0.717, 1.165) is 11.1 Å². The number of amides is 5. The number of rotatable bonds is 7. The Bertz CT molecular complexity index is 1660. The Labute approximate surface area is 292 Å². The minimum absolute atomic E-state index is 0.194. The number of nitrogens with one attached hydrogen (secondary N) is 5. The summed E-state index contributed by atoms with van der Waals surface area (Å²) < 4.78 is 11.2. The summed E-state index contributed by atoms with van der Waals surface area (Å²) >= 11 is 0. The van der Waals surface area contributed by atoms with Crippen LogP contribution in [0.4, 0.5) is 0 Å². The Kier molecular flexibility index (Phi) is 12.4. The van der Waals surface area contributed by atoms with Gasteiger partial charge < -0.3 is 36.1 Å². The smallest absolute Gasteiger partial charge is 0.255 e. The van der Waals surface area contributed by atoms with Crippen LogP contribution in [0.3, 0.4) is 0 Å². The Morgan fingerprint density at radius 2 is 1.64 bits per heavy atom. The van der Waals surface area contributed by atoms with Crippen LogP contribution in [0.5, 0.6) is 11.5 Å². The average Bonchev–Trinajstić information content (AvgIpc) is 3.60. The molecular formula is C38H45N5O7. The molecule has 2 aliphatic rings. The quantitative estimate of drug-likeness (QED) is 0.256. The van der Waals surface area contributed by atoms with Gasteiger partial charge in [-0.25, -0.2) is 0 Å². The molecule has 0 radical (unpaired) electrons. The van der Waals surface area contributed by atoms with Gasteiger partial charge in [0.2, 0.25) is 23.6 Å². The predicted octanol–water partition coefficient (Wildman–Crippen LogP) is 2.60. The molecule has 0 bridgehead atoms. The number of ether oxygens (including phenoxy) is 2. The van der Waals surface area contributed by atoms with Gasteiger partial charge in [-0.2, -0.15) is 0 Å². The summed E-state index contributed by atoms with van der Waals surface area (Å²) in [5.41, 5.74) is 0.739. The Morgan fingerprint density at radius 1 is 0.900 bits per heavy atom. The second-order valence-electron chi connectivity index (χ2n) is 12.7. The molecule has 12 heteroatoms. The number of para-hydroxylation sites is 1. The molecule has 264 valence electrons. The first-order valence-electron chi connectivity index (χ1n) is 17.1. The van der Waals surface area contributed by atoms with E-state index in [2.05, 4.69) is 26.6 Å². The first-order valence-corrected chi connectivity index (χ1v) is 17.1. The molecule has 1 spiro atoms. The minimum atomic E-state index is -1.27. The number of benzene rings is 3. The van der Waals surface area contributed by atoms with Crippen LogP contribution in [-0.4, -0.2) is 74.0 Å². The molecule has 3 aromatic carbocycles. The number of hydrogen-bond donors (Lipinski definition) is 5. The molecule has 1 heterocycles. The highest BCUT2D eigenvalue weighted by Gasteiger charge is 2.44. The van der Waals surface area contributed by atoms with Crippen LogP contribution >= 0.6 is 0 Å². The summed E-state index contributed by atoms with van der Waals surface area (Å²) in [4.78, 5) is 68.3. The third kappa shape index (κ3) is 9.61. The van der Waals surface area contributed by atoms with Gasteiger partial charge in [-0.15, -0.1) is 0 Å². The van der Waals surface area contributed by atoms with Crippen molar-refractivity contribution in [1.29, 1.82) is 0 Å². The molecule has 12 nitrogen and oxygen atoms in total. The molecule has 1 aliphatic heterocycles. The number of carbonyl (C=O) groups excluding carboxylic acids is 5. The fraction of sp³-hybridized carbons (Fsp3) is 0.395. The van der Waals surface area contributed by atoms with Crippen molar-refractivity contribution in [3.63, 3.8) is 0 Å². The zero-order valence-corrected chi connectivity index (χ0v) is 28.3. The van der Waals surface area contributed by atoms with Crippen molar-refractivity contribution in [1.82, 2.24) is 26.6 Å². The summed E-state index contributed by atoms with van der Waals surface area (Å²) in [6.45, 7) is 0.713. The van der Waals surface area contributed by atoms with Crippen molar-refractivity contribution in [3.8, 4) is 11.5 Å². The van der Waals surface area contributed by atoms with Crippen molar-refractivity contribution in [3.05, 3.63) is 95.6 Å². The standard InChI is InChI=1S/C38H45N5O7/c1-49-28-14-9-13-27(23-28)17-21-40-36(47)31-25-33(44)43-38(18-7-8-19-38)37(48)42-30(24-26-11-3-2-4-12-26)35(46)39-20-10-22-50-32-16-6-5-15-29(32)34(45)41-31/h2-6,9,11-16,23,30-31H,7-8,10,17-22,24-25H2,1H3,(H,39,46)(H,40,47)(H,41,45)(H,42,48)(H,43,44)/t30-,31-/m0/s1. The molecule has 50 heavy (non-hydrogen) atoms. The van der Waals surface area contributed by atoms with Crippen LogP contribution in [0, 0.1) is 0 Å². The van der Waals surface area contributed by atoms with E-state index in [1.54, 1.807) is 31.4 Å². The summed E-state index contributed by atoms with van der Waals surface area (Å²) in [6, 6.07) is 21.4. The van der Waals surface area contributed by atoms with E-state index in [9.17, 15) is 24.0 Å². The lowest BCUT2D eigenvalue weighted by Gasteiger charge is -2.32. The summed E-state index contributed by atoms with van der Waals surface area (Å²) in [6.07, 6.45) is 2.92. The second-order valence-corrected chi connectivity index (χ2v) is 12.7. The zero-order valence-electron chi connectivity index (χ0n) is 28.3.